The molecule has 2 fully saturated rings. The van der Waals surface area contributed by atoms with E-state index in [-0.39, 0.29) is 6.04 Å². The average Bonchev–Trinajstić information content (AvgIpc) is 3.17. The zero-order valence-electron chi connectivity index (χ0n) is 16.9. The van der Waals surface area contributed by atoms with Gasteiger partial charge in [-0.1, -0.05) is 60.2 Å². The number of rotatable bonds is 5. The Kier molecular flexibility index (Phi) is 6.08. The van der Waals surface area contributed by atoms with Crippen molar-refractivity contribution < 1.29 is 4.79 Å². The van der Waals surface area contributed by atoms with Crippen LogP contribution in [0.25, 0.3) is 0 Å². The van der Waals surface area contributed by atoms with Crippen LogP contribution in [0, 0.1) is 6.92 Å². The first kappa shape index (κ1) is 19.2. The molecule has 0 aromatic heterocycles. The lowest BCUT2D eigenvalue weighted by Gasteiger charge is -2.37. The van der Waals surface area contributed by atoms with Crippen LogP contribution in [-0.4, -0.2) is 59.4 Å². The Balaban J connectivity index is 1.31. The van der Waals surface area contributed by atoms with Crippen molar-refractivity contribution >= 4 is 5.91 Å². The maximum atomic E-state index is 13.2. The summed E-state index contributed by atoms with van der Waals surface area (Å²) in [6, 6.07) is 19.3. The molecule has 1 atom stereocenters. The van der Waals surface area contributed by atoms with Crippen molar-refractivity contribution in [3.63, 3.8) is 0 Å². The SMILES string of the molecule is Cc1cccc(CN2CCCC2C(=O)N2CCN(Cc3ccccc3)CC2)c1. The molecule has 2 aromatic carbocycles. The number of benzene rings is 2. The number of piperazine rings is 1. The highest BCUT2D eigenvalue weighted by molar-refractivity contribution is 5.82. The summed E-state index contributed by atoms with van der Waals surface area (Å²) in [5, 5.41) is 0. The van der Waals surface area contributed by atoms with E-state index in [2.05, 4.69) is 76.2 Å². The average molecular weight is 378 g/mol. The van der Waals surface area contributed by atoms with E-state index in [1.165, 1.54) is 16.7 Å². The second kappa shape index (κ2) is 8.89. The lowest BCUT2D eigenvalue weighted by atomic mass is 10.1. The van der Waals surface area contributed by atoms with E-state index in [4.69, 9.17) is 0 Å². The van der Waals surface area contributed by atoms with E-state index in [0.29, 0.717) is 5.91 Å². The van der Waals surface area contributed by atoms with Gasteiger partial charge >= 0.3 is 0 Å². The minimum absolute atomic E-state index is 0.0567. The van der Waals surface area contributed by atoms with Gasteiger partial charge < -0.3 is 4.90 Å². The van der Waals surface area contributed by atoms with Crippen LogP contribution in [0.15, 0.2) is 54.6 Å². The third-order valence-electron chi connectivity index (χ3n) is 6.05. The summed E-state index contributed by atoms with van der Waals surface area (Å²) in [6.45, 7) is 8.64. The van der Waals surface area contributed by atoms with Gasteiger partial charge in [-0.05, 0) is 37.4 Å². The van der Waals surface area contributed by atoms with Gasteiger partial charge in [0.25, 0.3) is 0 Å². The summed E-state index contributed by atoms with van der Waals surface area (Å²) in [4.78, 5) is 20.1. The number of carbonyl (C=O) groups excluding carboxylic acids is 1. The Morgan fingerprint density at radius 3 is 2.39 bits per heavy atom. The standard InChI is InChI=1S/C24H31N3O/c1-20-7-5-10-22(17-20)19-27-12-6-11-23(27)24(28)26-15-13-25(14-16-26)18-21-8-3-2-4-9-21/h2-5,7-10,17,23H,6,11-16,18-19H2,1H3. The molecule has 2 heterocycles. The van der Waals surface area contributed by atoms with Crippen molar-refractivity contribution in [3.8, 4) is 0 Å². The Bertz CT molecular complexity index is 783. The normalized spacial score (nSPS) is 21.2. The fourth-order valence-corrected chi connectivity index (χ4v) is 4.52. The molecular formula is C24H31N3O. The first-order valence-corrected chi connectivity index (χ1v) is 10.5. The quantitative estimate of drug-likeness (QED) is 0.800. The highest BCUT2D eigenvalue weighted by atomic mass is 16.2. The molecule has 4 rings (SSSR count). The van der Waals surface area contributed by atoms with Crippen LogP contribution in [0.2, 0.25) is 0 Å². The van der Waals surface area contributed by atoms with Crippen LogP contribution < -0.4 is 0 Å². The van der Waals surface area contributed by atoms with Crippen LogP contribution >= 0.6 is 0 Å². The predicted molar refractivity (Wildman–Crippen MR) is 113 cm³/mol. The molecule has 0 N–H and O–H groups in total. The van der Waals surface area contributed by atoms with E-state index >= 15 is 0 Å². The number of amides is 1. The molecule has 0 bridgehead atoms. The fraction of sp³-hybridized carbons (Fsp3) is 0.458. The lowest BCUT2D eigenvalue weighted by molar-refractivity contribution is -0.138. The molecule has 2 aromatic rings. The van der Waals surface area contributed by atoms with Gasteiger partial charge in [0.1, 0.15) is 0 Å². The van der Waals surface area contributed by atoms with E-state index in [9.17, 15) is 4.79 Å². The molecule has 2 saturated heterocycles. The van der Waals surface area contributed by atoms with Gasteiger partial charge in [-0.2, -0.15) is 0 Å². The smallest absolute Gasteiger partial charge is 0.240 e. The van der Waals surface area contributed by atoms with Crippen LogP contribution in [0.4, 0.5) is 0 Å². The van der Waals surface area contributed by atoms with Crippen LogP contribution in [-0.2, 0) is 17.9 Å². The minimum Gasteiger partial charge on any atom is -0.339 e. The van der Waals surface area contributed by atoms with Crippen molar-refractivity contribution in [1.29, 1.82) is 0 Å². The van der Waals surface area contributed by atoms with Gasteiger partial charge in [-0.25, -0.2) is 0 Å². The van der Waals surface area contributed by atoms with E-state index < -0.39 is 0 Å². The molecule has 0 radical (unpaired) electrons. The molecule has 2 aliphatic rings. The van der Waals surface area contributed by atoms with E-state index in [0.717, 1.165) is 58.7 Å². The first-order chi connectivity index (χ1) is 13.7. The molecule has 148 valence electrons. The molecule has 4 nitrogen and oxygen atoms in total. The van der Waals surface area contributed by atoms with Crippen molar-refractivity contribution in [3.05, 3.63) is 71.3 Å². The third-order valence-corrected chi connectivity index (χ3v) is 6.05. The summed E-state index contributed by atoms with van der Waals surface area (Å²) < 4.78 is 0. The largest absolute Gasteiger partial charge is 0.339 e. The van der Waals surface area contributed by atoms with Gasteiger partial charge in [-0.15, -0.1) is 0 Å². The monoisotopic (exact) mass is 377 g/mol. The summed E-state index contributed by atoms with van der Waals surface area (Å²) >= 11 is 0. The van der Waals surface area contributed by atoms with Gasteiger partial charge in [0.2, 0.25) is 5.91 Å². The van der Waals surface area contributed by atoms with Gasteiger partial charge in [0.05, 0.1) is 6.04 Å². The number of nitrogens with zero attached hydrogens (tertiary/aromatic N) is 3. The van der Waals surface area contributed by atoms with Gasteiger partial charge in [-0.3, -0.25) is 14.6 Å². The molecule has 0 aliphatic carbocycles. The number of hydrogen-bond donors (Lipinski definition) is 0. The van der Waals surface area contributed by atoms with Gasteiger partial charge in [0.15, 0.2) is 0 Å². The van der Waals surface area contributed by atoms with Crippen LogP contribution in [0.1, 0.15) is 29.5 Å². The number of aryl methyl sites for hydroxylation is 1. The summed E-state index contributed by atoms with van der Waals surface area (Å²) in [6.07, 6.45) is 2.12. The topological polar surface area (TPSA) is 26.8 Å². The predicted octanol–water partition coefficient (Wildman–Crippen LogP) is 3.30. The molecule has 0 saturated carbocycles. The van der Waals surface area contributed by atoms with E-state index in [1.54, 1.807) is 0 Å². The number of likely N-dealkylation sites (tertiary alicyclic amines) is 1. The minimum atomic E-state index is 0.0567. The van der Waals surface area contributed by atoms with Crippen LogP contribution in [0.5, 0.6) is 0 Å². The Hall–Kier alpha value is -2.17. The molecule has 1 amide bonds. The number of hydrogen-bond acceptors (Lipinski definition) is 3. The highest BCUT2D eigenvalue weighted by Gasteiger charge is 2.34. The molecule has 28 heavy (non-hydrogen) atoms. The zero-order chi connectivity index (χ0) is 19.3. The van der Waals surface area contributed by atoms with Gasteiger partial charge in [0, 0.05) is 39.3 Å². The molecule has 4 heteroatoms. The lowest BCUT2D eigenvalue weighted by Crippen LogP contribution is -2.53. The highest BCUT2D eigenvalue weighted by Crippen LogP contribution is 2.23. The Morgan fingerprint density at radius 2 is 1.64 bits per heavy atom. The summed E-state index contributed by atoms with van der Waals surface area (Å²) in [5.41, 5.74) is 3.95. The fourth-order valence-electron chi connectivity index (χ4n) is 4.52. The maximum absolute atomic E-state index is 13.2. The second-order valence-electron chi connectivity index (χ2n) is 8.20. The van der Waals surface area contributed by atoms with Crippen molar-refractivity contribution in [2.24, 2.45) is 0 Å². The molecule has 0 spiro atoms. The summed E-state index contributed by atoms with van der Waals surface area (Å²) in [5.74, 6) is 0.338. The maximum Gasteiger partial charge on any atom is 0.240 e. The Morgan fingerprint density at radius 1 is 0.893 bits per heavy atom. The molecule has 2 aliphatic heterocycles. The van der Waals surface area contributed by atoms with Crippen molar-refractivity contribution in [2.45, 2.75) is 38.9 Å². The summed E-state index contributed by atoms with van der Waals surface area (Å²) in [7, 11) is 0. The van der Waals surface area contributed by atoms with Crippen molar-refractivity contribution in [2.75, 3.05) is 32.7 Å². The third kappa shape index (κ3) is 4.62. The number of carbonyl (C=O) groups is 1. The zero-order valence-corrected chi connectivity index (χ0v) is 16.9. The van der Waals surface area contributed by atoms with Crippen LogP contribution in [0.3, 0.4) is 0 Å². The Labute approximate surface area is 168 Å². The molecular weight excluding hydrogens is 346 g/mol. The second-order valence-corrected chi connectivity index (χ2v) is 8.20. The van der Waals surface area contributed by atoms with Crippen molar-refractivity contribution in [1.82, 2.24) is 14.7 Å². The molecule has 1 unspecified atom stereocenters. The first-order valence-electron chi connectivity index (χ1n) is 10.5. The van der Waals surface area contributed by atoms with E-state index in [1.807, 2.05) is 0 Å².